The van der Waals surface area contributed by atoms with Crippen molar-refractivity contribution in [2.24, 2.45) is 4.99 Å². The van der Waals surface area contributed by atoms with Crippen LogP contribution in [0.15, 0.2) is 53.6 Å². The maximum absolute atomic E-state index is 12.6. The van der Waals surface area contributed by atoms with Gasteiger partial charge in [0.05, 0.1) is 0 Å². The third-order valence-electron chi connectivity index (χ3n) is 1.64. The van der Waals surface area contributed by atoms with Crippen molar-refractivity contribution in [2.45, 2.75) is 13.8 Å². The van der Waals surface area contributed by atoms with E-state index in [0.717, 1.165) is 17.5 Å². The fourth-order valence-electron chi connectivity index (χ4n) is 0.807. The molecule has 1 N–H and O–H groups in total. The third kappa shape index (κ3) is 7.43. The highest BCUT2D eigenvalue weighted by Gasteiger charge is 1.85. The van der Waals surface area contributed by atoms with Gasteiger partial charge in [0.1, 0.15) is 5.83 Å². The summed E-state index contributed by atoms with van der Waals surface area (Å²) in [7, 11) is 1.73. The van der Waals surface area contributed by atoms with Crippen LogP contribution in [-0.4, -0.2) is 12.8 Å². The number of rotatable bonds is 5. The maximum Gasteiger partial charge on any atom is 0.122 e. The fourth-order valence-corrected chi connectivity index (χ4v) is 0.807. The molecule has 3 heteroatoms. The number of hydrogen-bond donors (Lipinski definition) is 1. The zero-order valence-electron chi connectivity index (χ0n) is 9.42. The lowest BCUT2D eigenvalue weighted by Gasteiger charge is -1.98. The molecule has 2 nitrogen and oxygen atoms in total. The first-order chi connectivity index (χ1) is 7.10. The van der Waals surface area contributed by atoms with E-state index < -0.39 is 0 Å². The highest BCUT2D eigenvalue weighted by molar-refractivity contribution is 5.93. The first kappa shape index (κ1) is 13.4. The number of allylic oxidation sites excluding steroid dienone is 6. The second-order valence-electron chi connectivity index (χ2n) is 2.95. The van der Waals surface area contributed by atoms with Crippen LogP contribution < -0.4 is 5.32 Å². The Morgan fingerprint density at radius 2 is 2.07 bits per heavy atom. The van der Waals surface area contributed by atoms with Gasteiger partial charge in [-0.15, -0.1) is 0 Å². The monoisotopic (exact) mass is 208 g/mol. The van der Waals surface area contributed by atoms with Gasteiger partial charge in [-0.3, -0.25) is 4.99 Å². The predicted molar refractivity (Wildman–Crippen MR) is 64.5 cm³/mol. The van der Waals surface area contributed by atoms with Gasteiger partial charge in [0, 0.05) is 24.7 Å². The van der Waals surface area contributed by atoms with E-state index in [1.807, 2.05) is 19.9 Å². The van der Waals surface area contributed by atoms with Crippen LogP contribution >= 0.6 is 0 Å². The summed E-state index contributed by atoms with van der Waals surface area (Å²) >= 11 is 0. The van der Waals surface area contributed by atoms with Gasteiger partial charge < -0.3 is 5.32 Å². The molecular weight excluding hydrogens is 191 g/mol. The molecule has 0 aliphatic heterocycles. The van der Waals surface area contributed by atoms with Gasteiger partial charge in [0.15, 0.2) is 0 Å². The van der Waals surface area contributed by atoms with Crippen LogP contribution in [0.1, 0.15) is 13.8 Å². The summed E-state index contributed by atoms with van der Waals surface area (Å²) in [4.78, 5) is 3.99. The van der Waals surface area contributed by atoms with E-state index in [0.29, 0.717) is 0 Å². The Morgan fingerprint density at radius 1 is 1.40 bits per heavy atom. The summed E-state index contributed by atoms with van der Waals surface area (Å²) in [6.07, 6.45) is 7.61. The smallest absolute Gasteiger partial charge is 0.122 e. The molecule has 0 fully saturated rings. The van der Waals surface area contributed by atoms with E-state index >= 15 is 0 Å². The molecule has 0 bridgehead atoms. The Bertz CT molecular complexity index is 323. The average molecular weight is 208 g/mol. The van der Waals surface area contributed by atoms with Gasteiger partial charge in [-0.2, -0.15) is 0 Å². The Morgan fingerprint density at radius 3 is 2.60 bits per heavy atom. The lowest BCUT2D eigenvalue weighted by Crippen LogP contribution is -2.02. The third-order valence-corrected chi connectivity index (χ3v) is 1.64. The molecule has 0 aliphatic carbocycles. The molecule has 0 unspecified atom stereocenters. The average Bonchev–Trinajstić information content (AvgIpc) is 2.23. The molecule has 0 rings (SSSR count). The highest BCUT2D eigenvalue weighted by Crippen LogP contribution is 1.96. The number of nitrogens with zero attached hydrogens (tertiary/aromatic N) is 1. The number of nitrogens with one attached hydrogen (secondary N) is 1. The molecule has 0 amide bonds. The van der Waals surface area contributed by atoms with Crippen LogP contribution in [0.5, 0.6) is 0 Å². The molecule has 15 heavy (non-hydrogen) atoms. The first-order valence-electron chi connectivity index (χ1n) is 4.63. The van der Waals surface area contributed by atoms with Crippen LogP contribution in [0.25, 0.3) is 0 Å². The summed E-state index contributed by atoms with van der Waals surface area (Å²) < 4.78 is 12.6. The van der Waals surface area contributed by atoms with Crippen molar-refractivity contribution in [3.63, 3.8) is 0 Å². The Labute approximate surface area is 90.6 Å². The van der Waals surface area contributed by atoms with E-state index in [2.05, 4.69) is 16.9 Å². The lowest BCUT2D eigenvalue weighted by molar-refractivity contribution is 0.667. The molecule has 0 saturated carbocycles. The molecule has 0 saturated heterocycles. The van der Waals surface area contributed by atoms with Gasteiger partial charge in [-0.05, 0) is 38.2 Å². The van der Waals surface area contributed by atoms with Crippen molar-refractivity contribution in [3.05, 3.63) is 48.6 Å². The summed E-state index contributed by atoms with van der Waals surface area (Å²) in [5.41, 5.74) is 1.88. The Balaban J connectivity index is 4.17. The Kier molecular flexibility index (Phi) is 6.89. The van der Waals surface area contributed by atoms with Gasteiger partial charge in [0.25, 0.3) is 0 Å². The van der Waals surface area contributed by atoms with Crippen molar-refractivity contribution < 1.29 is 4.39 Å². The van der Waals surface area contributed by atoms with Gasteiger partial charge >= 0.3 is 0 Å². The van der Waals surface area contributed by atoms with E-state index in [-0.39, 0.29) is 5.83 Å². The SMILES string of the molecule is C=C/C(F)=C\C=C\N/C(C)=C\C(C)=N/C. The molecule has 0 aromatic rings. The second-order valence-corrected chi connectivity index (χ2v) is 2.95. The van der Waals surface area contributed by atoms with Gasteiger partial charge in [-0.1, -0.05) is 6.58 Å². The van der Waals surface area contributed by atoms with Crippen molar-refractivity contribution >= 4 is 5.71 Å². The standard InChI is InChI=1S/C12H17FN2/c1-5-12(13)7-6-8-15-11(3)9-10(2)14-4/h5-9,15H,1H2,2-4H3/b8-6+,11-9-,12-7+,14-10-. The first-order valence-corrected chi connectivity index (χ1v) is 4.63. The summed E-state index contributed by atoms with van der Waals surface area (Å²) in [6.45, 7) is 7.12. The van der Waals surface area contributed by atoms with Crippen LogP contribution in [-0.2, 0) is 0 Å². The molecule has 0 spiro atoms. The quantitative estimate of drug-likeness (QED) is 0.545. The van der Waals surface area contributed by atoms with Crippen molar-refractivity contribution in [1.82, 2.24) is 5.32 Å². The fraction of sp³-hybridized carbons (Fsp3) is 0.250. The van der Waals surface area contributed by atoms with Crippen molar-refractivity contribution in [2.75, 3.05) is 7.05 Å². The van der Waals surface area contributed by atoms with Crippen LogP contribution in [0.2, 0.25) is 0 Å². The molecule has 0 aromatic carbocycles. The van der Waals surface area contributed by atoms with Crippen LogP contribution in [0, 0.1) is 0 Å². The van der Waals surface area contributed by atoms with Gasteiger partial charge in [-0.25, -0.2) is 4.39 Å². The number of hydrogen-bond acceptors (Lipinski definition) is 2. The zero-order chi connectivity index (χ0) is 11.7. The second kappa shape index (κ2) is 7.74. The van der Waals surface area contributed by atoms with Crippen molar-refractivity contribution in [3.8, 4) is 0 Å². The zero-order valence-corrected chi connectivity index (χ0v) is 9.42. The molecule has 0 aromatic heterocycles. The summed E-state index contributed by atoms with van der Waals surface area (Å²) in [6, 6.07) is 0. The number of halogens is 1. The largest absolute Gasteiger partial charge is 0.365 e. The summed E-state index contributed by atoms with van der Waals surface area (Å²) in [5.74, 6) is -0.360. The maximum atomic E-state index is 12.6. The van der Waals surface area contributed by atoms with E-state index in [4.69, 9.17) is 0 Å². The molecule has 0 radical (unpaired) electrons. The normalized spacial score (nSPS) is 14.5. The van der Waals surface area contributed by atoms with Gasteiger partial charge in [0.2, 0.25) is 0 Å². The predicted octanol–water partition coefficient (Wildman–Crippen LogP) is 3.12. The van der Waals surface area contributed by atoms with Crippen LogP contribution in [0.3, 0.4) is 0 Å². The minimum atomic E-state index is -0.360. The Hall–Kier alpha value is -1.64. The molecule has 0 heterocycles. The van der Waals surface area contributed by atoms with Crippen LogP contribution in [0.4, 0.5) is 4.39 Å². The topological polar surface area (TPSA) is 24.4 Å². The summed E-state index contributed by atoms with van der Waals surface area (Å²) in [5, 5.41) is 2.98. The molecule has 0 aliphatic rings. The van der Waals surface area contributed by atoms with E-state index in [9.17, 15) is 4.39 Å². The van der Waals surface area contributed by atoms with E-state index in [1.54, 1.807) is 19.3 Å². The van der Waals surface area contributed by atoms with E-state index in [1.165, 1.54) is 6.08 Å². The molecule has 0 atom stereocenters. The minimum absolute atomic E-state index is 0.360. The number of aliphatic imine (C=N–C) groups is 1. The lowest BCUT2D eigenvalue weighted by atomic mass is 10.3. The minimum Gasteiger partial charge on any atom is -0.365 e. The molecule has 82 valence electrons. The molecular formula is C12H17FN2. The van der Waals surface area contributed by atoms with Crippen molar-refractivity contribution in [1.29, 1.82) is 0 Å². The highest BCUT2D eigenvalue weighted by atomic mass is 19.1.